The number of hydrogen-bond acceptors (Lipinski definition) is 5. The van der Waals surface area contributed by atoms with Crippen LogP contribution in [0.1, 0.15) is 19.3 Å². The second-order valence-electron chi connectivity index (χ2n) is 4.59. The van der Waals surface area contributed by atoms with E-state index < -0.39 is 21.1 Å². The van der Waals surface area contributed by atoms with Crippen molar-refractivity contribution < 1.29 is 18.0 Å². The van der Waals surface area contributed by atoms with Crippen LogP contribution in [0.15, 0.2) is 0 Å². The van der Waals surface area contributed by atoms with Crippen molar-refractivity contribution in [3.8, 4) is 0 Å². The minimum absolute atomic E-state index is 0.127. The van der Waals surface area contributed by atoms with Crippen molar-refractivity contribution in [3.63, 3.8) is 0 Å². The molecular formula is C10H16N2O4S. The predicted octanol–water partition coefficient (Wildman–Crippen LogP) is -1.09. The van der Waals surface area contributed by atoms with Gasteiger partial charge in [-0.15, -0.1) is 0 Å². The van der Waals surface area contributed by atoms with Crippen molar-refractivity contribution in [1.29, 1.82) is 0 Å². The molecule has 96 valence electrons. The highest BCUT2D eigenvalue weighted by atomic mass is 32.2. The SMILES string of the molecule is CN1C(=O)CC(NCC2CCCS2(=O)=O)C1=O. The number of likely N-dealkylation sites (tertiary alicyclic amines) is 1. The van der Waals surface area contributed by atoms with E-state index in [0.29, 0.717) is 12.8 Å². The van der Waals surface area contributed by atoms with E-state index in [4.69, 9.17) is 0 Å². The van der Waals surface area contributed by atoms with Crippen molar-refractivity contribution in [2.75, 3.05) is 19.3 Å². The lowest BCUT2D eigenvalue weighted by Crippen LogP contribution is -2.41. The Balaban J connectivity index is 1.92. The third-order valence-electron chi connectivity index (χ3n) is 3.44. The molecule has 2 atom stereocenters. The molecule has 2 rings (SSSR count). The van der Waals surface area contributed by atoms with Crippen LogP contribution >= 0.6 is 0 Å². The van der Waals surface area contributed by atoms with Gasteiger partial charge in [0.1, 0.15) is 0 Å². The second kappa shape index (κ2) is 4.38. The highest BCUT2D eigenvalue weighted by molar-refractivity contribution is 7.92. The molecule has 0 radical (unpaired) electrons. The smallest absolute Gasteiger partial charge is 0.246 e. The summed E-state index contributed by atoms with van der Waals surface area (Å²) >= 11 is 0. The van der Waals surface area contributed by atoms with Gasteiger partial charge in [-0.2, -0.15) is 0 Å². The normalized spacial score (nSPS) is 32.4. The van der Waals surface area contributed by atoms with Crippen molar-refractivity contribution in [2.45, 2.75) is 30.6 Å². The Kier molecular flexibility index (Phi) is 3.22. The summed E-state index contributed by atoms with van der Waals surface area (Å²) in [6.45, 7) is 0.264. The molecular weight excluding hydrogens is 244 g/mol. The maximum atomic E-state index is 11.6. The number of rotatable bonds is 3. The number of sulfone groups is 1. The Bertz CT molecular complexity index is 445. The number of likely N-dealkylation sites (N-methyl/N-ethyl adjacent to an activating group) is 1. The van der Waals surface area contributed by atoms with E-state index in [0.717, 1.165) is 4.90 Å². The molecule has 1 N–H and O–H groups in total. The number of carbonyl (C=O) groups excluding carboxylic acids is 2. The van der Waals surface area contributed by atoms with Crippen LogP contribution in [0.25, 0.3) is 0 Å². The fourth-order valence-electron chi connectivity index (χ4n) is 2.28. The highest BCUT2D eigenvalue weighted by Crippen LogP contribution is 2.20. The molecule has 0 aliphatic carbocycles. The molecule has 0 aromatic heterocycles. The molecule has 2 amide bonds. The summed E-state index contributed by atoms with van der Waals surface area (Å²) in [5.41, 5.74) is 0. The van der Waals surface area contributed by atoms with Crippen LogP contribution in [0.4, 0.5) is 0 Å². The van der Waals surface area contributed by atoms with Crippen LogP contribution < -0.4 is 5.32 Å². The van der Waals surface area contributed by atoms with Gasteiger partial charge in [-0.05, 0) is 12.8 Å². The topological polar surface area (TPSA) is 83.6 Å². The number of nitrogens with zero attached hydrogens (tertiary/aromatic N) is 1. The van der Waals surface area contributed by atoms with Crippen LogP contribution in [0, 0.1) is 0 Å². The molecule has 2 fully saturated rings. The largest absolute Gasteiger partial charge is 0.304 e. The van der Waals surface area contributed by atoms with E-state index >= 15 is 0 Å². The molecule has 2 aliphatic heterocycles. The number of imide groups is 1. The molecule has 2 unspecified atom stereocenters. The number of amides is 2. The molecule has 2 heterocycles. The van der Waals surface area contributed by atoms with Crippen LogP contribution in [-0.4, -0.2) is 55.8 Å². The first kappa shape index (κ1) is 12.5. The van der Waals surface area contributed by atoms with Crippen molar-refractivity contribution in [3.05, 3.63) is 0 Å². The summed E-state index contributed by atoms with van der Waals surface area (Å²) < 4.78 is 23.1. The second-order valence-corrected chi connectivity index (χ2v) is 6.99. The third-order valence-corrected chi connectivity index (χ3v) is 5.71. The first-order valence-corrected chi connectivity index (χ1v) is 7.39. The van der Waals surface area contributed by atoms with Gasteiger partial charge in [0, 0.05) is 13.6 Å². The summed E-state index contributed by atoms with van der Waals surface area (Å²) in [5.74, 6) is -0.260. The van der Waals surface area contributed by atoms with Crippen LogP contribution in [0.2, 0.25) is 0 Å². The Labute approximate surface area is 100 Å². The van der Waals surface area contributed by atoms with E-state index in [2.05, 4.69) is 5.32 Å². The zero-order chi connectivity index (χ0) is 12.6. The first-order valence-electron chi connectivity index (χ1n) is 5.67. The quantitative estimate of drug-likeness (QED) is 0.652. The van der Waals surface area contributed by atoms with E-state index in [-0.39, 0.29) is 30.5 Å². The van der Waals surface area contributed by atoms with E-state index in [1.165, 1.54) is 7.05 Å². The molecule has 0 aromatic carbocycles. The highest BCUT2D eigenvalue weighted by Gasteiger charge is 2.38. The van der Waals surface area contributed by atoms with Crippen LogP contribution in [-0.2, 0) is 19.4 Å². The van der Waals surface area contributed by atoms with Crippen molar-refractivity contribution in [2.24, 2.45) is 0 Å². The van der Waals surface area contributed by atoms with Gasteiger partial charge < -0.3 is 5.32 Å². The van der Waals surface area contributed by atoms with Crippen molar-refractivity contribution in [1.82, 2.24) is 10.2 Å². The van der Waals surface area contributed by atoms with E-state index in [1.807, 2.05) is 0 Å². The molecule has 6 nitrogen and oxygen atoms in total. The summed E-state index contributed by atoms with van der Waals surface area (Å²) in [6, 6.07) is -0.553. The summed E-state index contributed by atoms with van der Waals surface area (Å²) in [4.78, 5) is 23.9. The standard InChI is InChI=1S/C10H16N2O4S/c1-12-9(13)5-8(10(12)14)11-6-7-3-2-4-17(7,15)16/h7-8,11H,2-6H2,1H3. The van der Waals surface area contributed by atoms with E-state index in [9.17, 15) is 18.0 Å². The fraction of sp³-hybridized carbons (Fsp3) is 0.800. The van der Waals surface area contributed by atoms with Gasteiger partial charge in [-0.25, -0.2) is 8.42 Å². The van der Waals surface area contributed by atoms with Gasteiger partial charge in [0.15, 0.2) is 9.84 Å². The van der Waals surface area contributed by atoms with Gasteiger partial charge in [0.05, 0.1) is 23.5 Å². The van der Waals surface area contributed by atoms with Gasteiger partial charge in [0.2, 0.25) is 11.8 Å². The molecule has 7 heteroatoms. The summed E-state index contributed by atoms with van der Waals surface area (Å²) in [5, 5.41) is 2.49. The Hall–Kier alpha value is -0.950. The average molecular weight is 260 g/mol. The van der Waals surface area contributed by atoms with Crippen LogP contribution in [0.5, 0.6) is 0 Å². The molecule has 2 saturated heterocycles. The lowest BCUT2D eigenvalue weighted by Gasteiger charge is -2.14. The third kappa shape index (κ3) is 2.35. The molecule has 0 aromatic rings. The first-order chi connectivity index (χ1) is 7.92. The van der Waals surface area contributed by atoms with Crippen LogP contribution in [0.3, 0.4) is 0 Å². The molecule has 0 saturated carbocycles. The van der Waals surface area contributed by atoms with Gasteiger partial charge >= 0.3 is 0 Å². The number of carbonyl (C=O) groups is 2. The summed E-state index contributed by atoms with van der Waals surface area (Å²) in [6.07, 6.45) is 1.45. The van der Waals surface area contributed by atoms with E-state index in [1.54, 1.807) is 0 Å². The minimum atomic E-state index is -3.00. The summed E-state index contributed by atoms with van der Waals surface area (Å²) in [7, 11) is -1.55. The minimum Gasteiger partial charge on any atom is -0.304 e. The predicted molar refractivity (Wildman–Crippen MR) is 61.0 cm³/mol. The maximum Gasteiger partial charge on any atom is 0.246 e. The number of hydrogen-bond donors (Lipinski definition) is 1. The maximum absolute atomic E-state index is 11.6. The Morgan fingerprint density at radius 2 is 2.12 bits per heavy atom. The number of nitrogens with one attached hydrogen (secondary N) is 1. The average Bonchev–Trinajstić information content (AvgIpc) is 2.71. The van der Waals surface area contributed by atoms with Gasteiger partial charge in [-0.3, -0.25) is 14.5 Å². The molecule has 17 heavy (non-hydrogen) atoms. The lowest BCUT2D eigenvalue weighted by molar-refractivity contribution is -0.137. The zero-order valence-corrected chi connectivity index (χ0v) is 10.5. The Morgan fingerprint density at radius 1 is 1.41 bits per heavy atom. The lowest BCUT2D eigenvalue weighted by atomic mass is 10.2. The van der Waals surface area contributed by atoms with Crippen molar-refractivity contribution >= 4 is 21.7 Å². The van der Waals surface area contributed by atoms with Gasteiger partial charge in [-0.1, -0.05) is 0 Å². The Morgan fingerprint density at radius 3 is 2.59 bits per heavy atom. The zero-order valence-electron chi connectivity index (χ0n) is 9.68. The molecule has 0 spiro atoms. The molecule has 0 bridgehead atoms. The monoisotopic (exact) mass is 260 g/mol. The molecule has 2 aliphatic rings. The fourth-order valence-corrected chi connectivity index (χ4v) is 4.05. The van der Waals surface area contributed by atoms with Gasteiger partial charge in [0.25, 0.3) is 0 Å².